The zero-order valence-corrected chi connectivity index (χ0v) is 11.7. The van der Waals surface area contributed by atoms with Crippen LogP contribution in [0.15, 0.2) is 29.2 Å². The standard InChI is InChI=1S/C14H21FO2S/c1-2-3-4-5-6-7-12-18(16,17)14-10-8-13(15)9-11-14/h8-11H,2-7,12H2,1H3. The molecule has 0 saturated carbocycles. The lowest BCUT2D eigenvalue weighted by Crippen LogP contribution is -2.06. The fourth-order valence-electron chi connectivity index (χ4n) is 1.83. The normalized spacial score (nSPS) is 11.7. The van der Waals surface area contributed by atoms with Gasteiger partial charge in [-0.15, -0.1) is 0 Å². The summed E-state index contributed by atoms with van der Waals surface area (Å²) in [6.07, 6.45) is 6.29. The van der Waals surface area contributed by atoms with Crippen LogP contribution in [0.3, 0.4) is 0 Å². The van der Waals surface area contributed by atoms with E-state index >= 15 is 0 Å². The summed E-state index contributed by atoms with van der Waals surface area (Å²) in [5.74, 6) is -0.251. The zero-order chi connectivity index (χ0) is 13.4. The molecule has 4 heteroatoms. The van der Waals surface area contributed by atoms with Crippen LogP contribution < -0.4 is 0 Å². The molecule has 18 heavy (non-hydrogen) atoms. The van der Waals surface area contributed by atoms with Crippen LogP contribution >= 0.6 is 0 Å². The van der Waals surface area contributed by atoms with Crippen LogP contribution in [0.1, 0.15) is 45.4 Å². The number of rotatable bonds is 8. The highest BCUT2D eigenvalue weighted by Crippen LogP contribution is 2.14. The minimum absolute atomic E-state index is 0.157. The topological polar surface area (TPSA) is 34.1 Å². The maximum atomic E-state index is 12.7. The van der Waals surface area contributed by atoms with Gasteiger partial charge in [0.2, 0.25) is 0 Å². The molecule has 0 aliphatic rings. The van der Waals surface area contributed by atoms with Gasteiger partial charge in [-0.3, -0.25) is 0 Å². The Morgan fingerprint density at radius 1 is 0.944 bits per heavy atom. The smallest absolute Gasteiger partial charge is 0.178 e. The average Bonchev–Trinajstić information content (AvgIpc) is 2.34. The van der Waals surface area contributed by atoms with Gasteiger partial charge in [-0.05, 0) is 30.7 Å². The molecule has 1 aromatic carbocycles. The lowest BCUT2D eigenvalue weighted by molar-refractivity contribution is 0.583. The van der Waals surface area contributed by atoms with Crippen molar-refractivity contribution in [2.75, 3.05) is 5.75 Å². The predicted octanol–water partition coefficient (Wildman–Crippen LogP) is 3.96. The predicted molar refractivity (Wildman–Crippen MR) is 71.8 cm³/mol. The van der Waals surface area contributed by atoms with Crippen molar-refractivity contribution in [1.82, 2.24) is 0 Å². The first-order valence-corrected chi connectivity index (χ1v) is 8.20. The third kappa shape index (κ3) is 5.17. The van der Waals surface area contributed by atoms with Crippen LogP contribution in [0.2, 0.25) is 0 Å². The minimum atomic E-state index is -3.24. The molecule has 0 N–H and O–H groups in total. The van der Waals surface area contributed by atoms with E-state index in [1.54, 1.807) is 0 Å². The van der Waals surface area contributed by atoms with Crippen LogP contribution in [0.5, 0.6) is 0 Å². The summed E-state index contributed by atoms with van der Waals surface area (Å²) in [4.78, 5) is 0.220. The first-order chi connectivity index (χ1) is 8.56. The molecule has 0 radical (unpaired) electrons. The Bertz CT molecular complexity index is 437. The summed E-state index contributed by atoms with van der Waals surface area (Å²) in [7, 11) is -3.24. The molecule has 0 aliphatic heterocycles. The van der Waals surface area contributed by atoms with Crippen LogP contribution in [0.4, 0.5) is 4.39 Å². The van der Waals surface area contributed by atoms with E-state index in [2.05, 4.69) is 6.92 Å². The summed E-state index contributed by atoms with van der Waals surface area (Å²) >= 11 is 0. The Labute approximate surface area is 109 Å². The number of unbranched alkanes of at least 4 members (excludes halogenated alkanes) is 5. The van der Waals surface area contributed by atoms with Crippen LogP contribution in [0, 0.1) is 5.82 Å². The molecule has 0 heterocycles. The molecule has 1 aromatic rings. The van der Waals surface area contributed by atoms with Crippen molar-refractivity contribution in [3.63, 3.8) is 0 Å². The molecule has 0 bridgehead atoms. The molecular weight excluding hydrogens is 251 g/mol. The lowest BCUT2D eigenvalue weighted by Gasteiger charge is -2.04. The van der Waals surface area contributed by atoms with Crippen molar-refractivity contribution < 1.29 is 12.8 Å². The van der Waals surface area contributed by atoms with Gasteiger partial charge in [0.15, 0.2) is 9.84 Å². The van der Waals surface area contributed by atoms with Crippen molar-refractivity contribution >= 4 is 9.84 Å². The summed E-state index contributed by atoms with van der Waals surface area (Å²) < 4.78 is 36.5. The Hall–Kier alpha value is -0.900. The summed E-state index contributed by atoms with van der Waals surface area (Å²) in [5, 5.41) is 0. The molecule has 0 saturated heterocycles. The number of sulfone groups is 1. The van der Waals surface area contributed by atoms with E-state index in [1.807, 2.05) is 0 Å². The molecule has 1 rings (SSSR count). The molecule has 0 aliphatic carbocycles. The van der Waals surface area contributed by atoms with E-state index in [0.29, 0.717) is 6.42 Å². The summed E-state index contributed by atoms with van der Waals surface area (Å²) in [5.41, 5.74) is 0. The fraction of sp³-hybridized carbons (Fsp3) is 0.571. The Balaban J connectivity index is 2.38. The number of hydrogen-bond acceptors (Lipinski definition) is 2. The van der Waals surface area contributed by atoms with Gasteiger partial charge in [-0.2, -0.15) is 0 Å². The van der Waals surface area contributed by atoms with Gasteiger partial charge in [0.25, 0.3) is 0 Å². The largest absolute Gasteiger partial charge is 0.224 e. The van der Waals surface area contributed by atoms with Crippen LogP contribution in [0.25, 0.3) is 0 Å². The van der Waals surface area contributed by atoms with Gasteiger partial charge in [-0.25, -0.2) is 12.8 Å². The summed E-state index contributed by atoms with van der Waals surface area (Å²) in [6, 6.07) is 5.05. The van der Waals surface area contributed by atoms with Crippen molar-refractivity contribution in [2.24, 2.45) is 0 Å². The van der Waals surface area contributed by atoms with Gasteiger partial charge in [0, 0.05) is 0 Å². The quantitative estimate of drug-likeness (QED) is 0.530. The van der Waals surface area contributed by atoms with Crippen molar-refractivity contribution in [3.8, 4) is 0 Å². The van der Waals surface area contributed by atoms with E-state index < -0.39 is 15.7 Å². The van der Waals surface area contributed by atoms with Crippen LogP contribution in [-0.4, -0.2) is 14.2 Å². The van der Waals surface area contributed by atoms with Gasteiger partial charge >= 0.3 is 0 Å². The monoisotopic (exact) mass is 272 g/mol. The highest BCUT2D eigenvalue weighted by molar-refractivity contribution is 7.91. The van der Waals surface area contributed by atoms with Gasteiger partial charge in [-0.1, -0.05) is 39.0 Å². The molecule has 0 atom stereocenters. The third-order valence-electron chi connectivity index (χ3n) is 2.94. The SMILES string of the molecule is CCCCCCCCS(=O)(=O)c1ccc(F)cc1. The third-order valence-corrected chi connectivity index (χ3v) is 4.76. The highest BCUT2D eigenvalue weighted by Gasteiger charge is 2.13. The van der Waals surface area contributed by atoms with E-state index in [4.69, 9.17) is 0 Å². The molecular formula is C14H21FO2S. The van der Waals surface area contributed by atoms with Crippen molar-refractivity contribution in [3.05, 3.63) is 30.1 Å². The molecule has 0 fully saturated rings. The zero-order valence-electron chi connectivity index (χ0n) is 10.9. The van der Waals surface area contributed by atoms with Crippen LogP contribution in [-0.2, 0) is 9.84 Å². The minimum Gasteiger partial charge on any atom is -0.224 e. The Morgan fingerprint density at radius 3 is 2.11 bits per heavy atom. The molecule has 0 amide bonds. The van der Waals surface area contributed by atoms with Gasteiger partial charge in [0.1, 0.15) is 5.82 Å². The second-order valence-electron chi connectivity index (χ2n) is 4.54. The maximum Gasteiger partial charge on any atom is 0.178 e. The average molecular weight is 272 g/mol. The first-order valence-electron chi connectivity index (χ1n) is 6.54. The van der Waals surface area contributed by atoms with Gasteiger partial charge < -0.3 is 0 Å². The summed E-state index contributed by atoms with van der Waals surface area (Å²) in [6.45, 7) is 2.15. The second-order valence-corrected chi connectivity index (χ2v) is 6.65. The van der Waals surface area contributed by atoms with E-state index in [0.717, 1.165) is 12.8 Å². The van der Waals surface area contributed by atoms with Crippen molar-refractivity contribution in [1.29, 1.82) is 0 Å². The molecule has 2 nitrogen and oxygen atoms in total. The molecule has 102 valence electrons. The number of benzene rings is 1. The number of halogens is 1. The number of hydrogen-bond donors (Lipinski definition) is 0. The van der Waals surface area contributed by atoms with E-state index in [9.17, 15) is 12.8 Å². The Kier molecular flexibility index (Phi) is 6.33. The first kappa shape index (κ1) is 15.2. The molecule has 0 spiro atoms. The lowest BCUT2D eigenvalue weighted by atomic mass is 10.1. The van der Waals surface area contributed by atoms with E-state index in [-0.39, 0.29) is 10.6 Å². The fourth-order valence-corrected chi connectivity index (χ4v) is 3.20. The maximum absolute atomic E-state index is 12.7. The molecule has 0 aromatic heterocycles. The van der Waals surface area contributed by atoms with Gasteiger partial charge in [0.05, 0.1) is 10.6 Å². The Morgan fingerprint density at radius 2 is 1.50 bits per heavy atom. The second kappa shape index (κ2) is 7.52. The van der Waals surface area contributed by atoms with E-state index in [1.165, 1.54) is 43.5 Å². The van der Waals surface area contributed by atoms with Crippen molar-refractivity contribution in [2.45, 2.75) is 50.3 Å². The molecule has 0 unspecified atom stereocenters. The highest BCUT2D eigenvalue weighted by atomic mass is 32.2.